The van der Waals surface area contributed by atoms with Gasteiger partial charge < -0.3 is 10.6 Å². The van der Waals surface area contributed by atoms with E-state index in [1.165, 1.54) is 0 Å². The minimum absolute atomic E-state index is 0. The van der Waals surface area contributed by atoms with E-state index in [1.54, 1.807) is 0 Å². The first kappa shape index (κ1) is 9.72. The van der Waals surface area contributed by atoms with Crippen LogP contribution in [-0.4, -0.2) is 24.5 Å². The molecule has 0 spiro atoms. The number of carbonyl (C=O) groups excluding carboxylic acids is 1. The standard InChI is InChI=1S/C6H12N2O.ClH/c1-4-3-7-6(9)5(2)8-4;/h4-5,8H,3H2,1-2H3,(H,7,9);1H/t4-,5-;/m0./s1. The number of amides is 1. The number of piperazine rings is 1. The summed E-state index contributed by atoms with van der Waals surface area (Å²) in [6.07, 6.45) is 0. The van der Waals surface area contributed by atoms with E-state index in [1.807, 2.05) is 6.92 Å². The highest BCUT2D eigenvalue weighted by Gasteiger charge is 2.19. The monoisotopic (exact) mass is 164 g/mol. The molecule has 1 heterocycles. The van der Waals surface area contributed by atoms with Gasteiger partial charge in [0.05, 0.1) is 6.04 Å². The van der Waals surface area contributed by atoms with Crippen molar-refractivity contribution in [3.05, 3.63) is 0 Å². The lowest BCUT2D eigenvalue weighted by Gasteiger charge is -2.25. The van der Waals surface area contributed by atoms with Gasteiger partial charge in [-0.05, 0) is 13.8 Å². The molecule has 0 aliphatic carbocycles. The van der Waals surface area contributed by atoms with Crippen LogP contribution in [0.1, 0.15) is 13.8 Å². The second kappa shape index (κ2) is 3.78. The summed E-state index contributed by atoms with van der Waals surface area (Å²) in [6.45, 7) is 4.67. The van der Waals surface area contributed by atoms with E-state index in [0.717, 1.165) is 6.54 Å². The van der Waals surface area contributed by atoms with Gasteiger partial charge in [-0.2, -0.15) is 0 Å². The molecule has 1 aliphatic rings. The molecular weight excluding hydrogens is 152 g/mol. The van der Waals surface area contributed by atoms with Crippen molar-refractivity contribution in [2.45, 2.75) is 25.9 Å². The van der Waals surface area contributed by atoms with Crippen molar-refractivity contribution in [2.24, 2.45) is 0 Å². The lowest BCUT2D eigenvalue weighted by atomic mass is 10.2. The number of nitrogens with one attached hydrogen (secondary N) is 2. The smallest absolute Gasteiger partial charge is 0.236 e. The summed E-state index contributed by atoms with van der Waals surface area (Å²) >= 11 is 0. The van der Waals surface area contributed by atoms with Gasteiger partial charge in [0.25, 0.3) is 0 Å². The average molecular weight is 165 g/mol. The van der Waals surface area contributed by atoms with Crippen LogP contribution in [0.4, 0.5) is 0 Å². The second-order valence-electron chi connectivity index (χ2n) is 2.53. The molecule has 1 aliphatic heterocycles. The maximum absolute atomic E-state index is 10.8. The van der Waals surface area contributed by atoms with E-state index < -0.39 is 0 Å². The zero-order valence-corrected chi connectivity index (χ0v) is 6.99. The molecule has 0 bridgehead atoms. The van der Waals surface area contributed by atoms with Crippen molar-refractivity contribution in [1.82, 2.24) is 10.6 Å². The minimum Gasteiger partial charge on any atom is -0.353 e. The Bertz CT molecular complexity index is 129. The van der Waals surface area contributed by atoms with Crippen molar-refractivity contribution >= 4 is 18.3 Å². The zero-order chi connectivity index (χ0) is 6.85. The van der Waals surface area contributed by atoms with E-state index in [2.05, 4.69) is 17.6 Å². The lowest BCUT2D eigenvalue weighted by Crippen LogP contribution is -2.55. The quantitative estimate of drug-likeness (QED) is 0.525. The Morgan fingerprint density at radius 3 is 2.50 bits per heavy atom. The van der Waals surface area contributed by atoms with E-state index in [4.69, 9.17) is 0 Å². The number of hydrogen-bond acceptors (Lipinski definition) is 2. The Hall–Kier alpha value is -0.280. The molecule has 1 amide bonds. The predicted octanol–water partition coefficient (Wildman–Crippen LogP) is -0.0954. The van der Waals surface area contributed by atoms with Gasteiger partial charge in [-0.3, -0.25) is 4.79 Å². The van der Waals surface area contributed by atoms with E-state index in [9.17, 15) is 4.79 Å². The average Bonchev–Trinajstić information content (AvgIpc) is 1.80. The van der Waals surface area contributed by atoms with Crippen LogP contribution in [0.25, 0.3) is 0 Å². The predicted molar refractivity (Wildman–Crippen MR) is 42.3 cm³/mol. The maximum Gasteiger partial charge on any atom is 0.236 e. The molecule has 60 valence electrons. The molecule has 0 saturated carbocycles. The molecule has 2 atom stereocenters. The number of halogens is 1. The summed E-state index contributed by atoms with van der Waals surface area (Å²) in [5.74, 6) is 0.105. The molecule has 0 aromatic carbocycles. The van der Waals surface area contributed by atoms with Gasteiger partial charge in [-0.15, -0.1) is 12.4 Å². The van der Waals surface area contributed by atoms with Crippen LogP contribution in [-0.2, 0) is 4.79 Å². The molecule has 0 aromatic heterocycles. The molecule has 0 aromatic rings. The summed E-state index contributed by atoms with van der Waals surface area (Å²) in [5, 5.41) is 5.90. The van der Waals surface area contributed by atoms with Crippen molar-refractivity contribution in [2.75, 3.05) is 6.54 Å². The molecule has 3 nitrogen and oxygen atoms in total. The maximum atomic E-state index is 10.8. The van der Waals surface area contributed by atoms with Crippen LogP contribution >= 0.6 is 12.4 Å². The normalized spacial score (nSPS) is 32.4. The van der Waals surface area contributed by atoms with E-state index in [-0.39, 0.29) is 24.4 Å². The third-order valence-electron chi connectivity index (χ3n) is 1.51. The Balaban J connectivity index is 0.000000810. The Labute approximate surface area is 67.0 Å². The van der Waals surface area contributed by atoms with Crippen LogP contribution in [0.15, 0.2) is 0 Å². The Kier molecular flexibility index (Phi) is 3.68. The fourth-order valence-corrected chi connectivity index (χ4v) is 0.968. The Morgan fingerprint density at radius 2 is 2.10 bits per heavy atom. The number of hydrogen-bond donors (Lipinski definition) is 2. The molecule has 1 saturated heterocycles. The zero-order valence-electron chi connectivity index (χ0n) is 6.18. The van der Waals surface area contributed by atoms with Crippen molar-refractivity contribution in [3.8, 4) is 0 Å². The van der Waals surface area contributed by atoms with Gasteiger partial charge in [0.1, 0.15) is 0 Å². The first-order valence-electron chi connectivity index (χ1n) is 3.24. The van der Waals surface area contributed by atoms with Crippen LogP contribution in [0, 0.1) is 0 Å². The summed E-state index contributed by atoms with van der Waals surface area (Å²) in [6, 6.07) is 0.395. The fourth-order valence-electron chi connectivity index (χ4n) is 0.968. The van der Waals surface area contributed by atoms with Crippen LogP contribution in [0.3, 0.4) is 0 Å². The van der Waals surface area contributed by atoms with Gasteiger partial charge >= 0.3 is 0 Å². The molecule has 1 fully saturated rings. The summed E-state index contributed by atoms with van der Waals surface area (Å²) in [7, 11) is 0. The number of carbonyl (C=O) groups is 1. The fraction of sp³-hybridized carbons (Fsp3) is 0.833. The topological polar surface area (TPSA) is 41.1 Å². The second-order valence-corrected chi connectivity index (χ2v) is 2.53. The largest absolute Gasteiger partial charge is 0.353 e. The van der Waals surface area contributed by atoms with Crippen molar-refractivity contribution in [3.63, 3.8) is 0 Å². The third kappa shape index (κ3) is 2.15. The van der Waals surface area contributed by atoms with Crippen molar-refractivity contribution in [1.29, 1.82) is 0 Å². The van der Waals surface area contributed by atoms with E-state index in [0.29, 0.717) is 6.04 Å². The minimum atomic E-state index is -0.0197. The highest BCUT2D eigenvalue weighted by Crippen LogP contribution is 1.92. The van der Waals surface area contributed by atoms with Gasteiger partial charge in [0, 0.05) is 12.6 Å². The highest BCUT2D eigenvalue weighted by molar-refractivity contribution is 5.85. The van der Waals surface area contributed by atoms with Gasteiger partial charge in [0.2, 0.25) is 5.91 Å². The molecule has 1 rings (SSSR count). The van der Waals surface area contributed by atoms with Crippen LogP contribution in [0.5, 0.6) is 0 Å². The molecule has 4 heteroatoms. The molecule has 2 N–H and O–H groups in total. The van der Waals surface area contributed by atoms with Gasteiger partial charge in [-0.25, -0.2) is 0 Å². The molecule has 0 unspecified atom stereocenters. The summed E-state index contributed by atoms with van der Waals surface area (Å²) in [4.78, 5) is 10.8. The summed E-state index contributed by atoms with van der Waals surface area (Å²) < 4.78 is 0. The van der Waals surface area contributed by atoms with Crippen LogP contribution in [0.2, 0.25) is 0 Å². The first-order valence-corrected chi connectivity index (χ1v) is 3.24. The molecule has 0 radical (unpaired) electrons. The van der Waals surface area contributed by atoms with Gasteiger partial charge in [-0.1, -0.05) is 0 Å². The SMILES string of the molecule is C[C@@H]1N[C@@H](C)CNC1=O.Cl. The van der Waals surface area contributed by atoms with Crippen molar-refractivity contribution < 1.29 is 4.79 Å². The number of rotatable bonds is 0. The summed E-state index contributed by atoms with van der Waals surface area (Å²) in [5.41, 5.74) is 0. The molecular formula is C6H13ClN2O. The first-order chi connectivity index (χ1) is 4.20. The molecule has 10 heavy (non-hydrogen) atoms. The lowest BCUT2D eigenvalue weighted by molar-refractivity contribution is -0.124. The van der Waals surface area contributed by atoms with Crippen LogP contribution < -0.4 is 10.6 Å². The van der Waals surface area contributed by atoms with E-state index >= 15 is 0 Å². The van der Waals surface area contributed by atoms with Gasteiger partial charge in [0.15, 0.2) is 0 Å². The highest BCUT2D eigenvalue weighted by atomic mass is 35.5. The third-order valence-corrected chi connectivity index (χ3v) is 1.51. The Morgan fingerprint density at radius 1 is 1.50 bits per heavy atom.